The van der Waals surface area contributed by atoms with Crippen molar-refractivity contribution in [2.24, 2.45) is 17.6 Å². The first-order chi connectivity index (χ1) is 14.2. The molecule has 0 spiro atoms. The molecule has 0 aromatic heterocycles. The van der Waals surface area contributed by atoms with Gasteiger partial charge in [0.15, 0.2) is 0 Å². The van der Waals surface area contributed by atoms with E-state index in [1.807, 2.05) is 19.9 Å². The number of carboxylic acid groups (broad SMARTS) is 1. The Morgan fingerprint density at radius 3 is 2.20 bits per heavy atom. The van der Waals surface area contributed by atoms with E-state index in [0.29, 0.717) is 18.5 Å². The highest BCUT2D eigenvalue weighted by molar-refractivity contribution is 7.98. The van der Waals surface area contributed by atoms with E-state index < -0.39 is 41.8 Å². The zero-order valence-electron chi connectivity index (χ0n) is 17.5. The van der Waals surface area contributed by atoms with Gasteiger partial charge in [0.1, 0.15) is 18.4 Å². The molecular weight excluding hydrogens is 406 g/mol. The first-order valence-electron chi connectivity index (χ1n) is 9.76. The number of rotatable bonds is 13. The Bertz CT molecular complexity index is 714. The molecule has 1 unspecified atom stereocenters. The van der Waals surface area contributed by atoms with E-state index in [-0.39, 0.29) is 12.3 Å². The average Bonchev–Trinajstić information content (AvgIpc) is 2.70. The standard InChI is InChI=1S/C21H31N3O5S/c1-13(2)9-16(23-20(27)18(22)15(11-25)12-30-3)19(26)24-17(21(28)29)10-14-7-5-4-6-8-14/h4-8,11,13,15-18H,9-10,12,22H2,1-3H3,(H,23,27)(H,24,26)(H,28,29)/t15?,16-,17-,18-/m0/s1. The second-order valence-electron chi connectivity index (χ2n) is 7.56. The van der Waals surface area contributed by atoms with Gasteiger partial charge in [-0.25, -0.2) is 4.79 Å². The minimum atomic E-state index is -1.17. The number of nitrogens with one attached hydrogen (secondary N) is 2. The van der Waals surface area contributed by atoms with Crippen LogP contribution in [0.4, 0.5) is 0 Å². The molecule has 0 radical (unpaired) electrons. The fourth-order valence-corrected chi connectivity index (χ4v) is 3.58. The average molecular weight is 438 g/mol. The van der Waals surface area contributed by atoms with Crippen LogP contribution in [-0.2, 0) is 25.6 Å². The third-order valence-electron chi connectivity index (χ3n) is 4.54. The van der Waals surface area contributed by atoms with Gasteiger partial charge in [-0.3, -0.25) is 9.59 Å². The number of aldehydes is 1. The second-order valence-corrected chi connectivity index (χ2v) is 8.47. The van der Waals surface area contributed by atoms with Crippen LogP contribution in [0.1, 0.15) is 25.8 Å². The molecule has 1 aromatic rings. The molecule has 2 amide bonds. The predicted molar refractivity (Wildman–Crippen MR) is 117 cm³/mol. The number of carbonyl (C=O) groups excluding carboxylic acids is 3. The molecule has 0 saturated heterocycles. The maximum absolute atomic E-state index is 12.8. The Kier molecular flexibility index (Phi) is 11.1. The lowest BCUT2D eigenvalue weighted by molar-refractivity contribution is -0.142. The summed E-state index contributed by atoms with van der Waals surface area (Å²) in [7, 11) is 0. The Balaban J connectivity index is 2.89. The normalized spacial score (nSPS) is 15.0. The fourth-order valence-electron chi connectivity index (χ4n) is 2.91. The molecular formula is C21H31N3O5S. The molecule has 1 aromatic carbocycles. The van der Waals surface area contributed by atoms with E-state index in [2.05, 4.69) is 10.6 Å². The molecule has 9 heteroatoms. The van der Waals surface area contributed by atoms with Gasteiger partial charge in [0.05, 0.1) is 6.04 Å². The molecule has 0 aliphatic heterocycles. The molecule has 8 nitrogen and oxygen atoms in total. The Morgan fingerprint density at radius 1 is 1.10 bits per heavy atom. The van der Waals surface area contributed by atoms with Crippen molar-refractivity contribution in [3.63, 3.8) is 0 Å². The van der Waals surface area contributed by atoms with E-state index >= 15 is 0 Å². The van der Waals surface area contributed by atoms with E-state index in [9.17, 15) is 24.3 Å². The van der Waals surface area contributed by atoms with Crippen LogP contribution >= 0.6 is 11.8 Å². The second kappa shape index (κ2) is 13.0. The van der Waals surface area contributed by atoms with Gasteiger partial charge in [-0.15, -0.1) is 0 Å². The van der Waals surface area contributed by atoms with Crippen molar-refractivity contribution in [3.05, 3.63) is 35.9 Å². The Morgan fingerprint density at radius 2 is 1.70 bits per heavy atom. The van der Waals surface area contributed by atoms with Crippen molar-refractivity contribution in [1.29, 1.82) is 0 Å². The number of hydrogen-bond donors (Lipinski definition) is 4. The van der Waals surface area contributed by atoms with Crippen LogP contribution in [-0.4, -0.2) is 59.3 Å². The summed E-state index contributed by atoms with van der Waals surface area (Å²) in [4.78, 5) is 48.2. The van der Waals surface area contributed by atoms with Gasteiger partial charge in [0.2, 0.25) is 11.8 Å². The highest BCUT2D eigenvalue weighted by Gasteiger charge is 2.31. The SMILES string of the molecule is CSCC(C=O)[C@H](N)C(=O)N[C@@H](CC(C)C)C(=O)N[C@@H](Cc1ccccc1)C(=O)O. The van der Waals surface area contributed by atoms with Gasteiger partial charge in [0, 0.05) is 18.1 Å². The zero-order valence-corrected chi connectivity index (χ0v) is 18.4. The number of hydrogen-bond acceptors (Lipinski definition) is 6. The summed E-state index contributed by atoms with van der Waals surface area (Å²) in [5.41, 5.74) is 6.67. The number of thioether (sulfide) groups is 1. The van der Waals surface area contributed by atoms with Gasteiger partial charge >= 0.3 is 5.97 Å². The van der Waals surface area contributed by atoms with Gasteiger partial charge in [-0.1, -0.05) is 44.2 Å². The number of carbonyl (C=O) groups is 4. The number of aliphatic carboxylic acids is 1. The highest BCUT2D eigenvalue weighted by Crippen LogP contribution is 2.10. The number of nitrogens with two attached hydrogens (primary N) is 1. The number of benzene rings is 1. The molecule has 0 bridgehead atoms. The fraction of sp³-hybridized carbons (Fsp3) is 0.524. The maximum atomic E-state index is 12.8. The van der Waals surface area contributed by atoms with Crippen LogP contribution in [0.3, 0.4) is 0 Å². The van der Waals surface area contributed by atoms with E-state index in [4.69, 9.17) is 5.73 Å². The summed E-state index contributed by atoms with van der Waals surface area (Å²) in [5.74, 6) is -2.61. The van der Waals surface area contributed by atoms with Gasteiger partial charge in [0.25, 0.3) is 0 Å². The smallest absolute Gasteiger partial charge is 0.326 e. The summed E-state index contributed by atoms with van der Waals surface area (Å²) in [5, 5.41) is 14.6. The predicted octanol–water partition coefficient (Wildman–Crippen LogP) is 0.835. The molecule has 0 saturated carbocycles. The van der Waals surface area contributed by atoms with Crippen LogP contribution in [0.2, 0.25) is 0 Å². The van der Waals surface area contributed by atoms with Crippen LogP contribution in [0.5, 0.6) is 0 Å². The summed E-state index contributed by atoms with van der Waals surface area (Å²) >= 11 is 1.39. The monoisotopic (exact) mass is 437 g/mol. The van der Waals surface area contributed by atoms with Crippen molar-refractivity contribution >= 4 is 35.8 Å². The van der Waals surface area contributed by atoms with Crippen molar-refractivity contribution in [2.75, 3.05) is 12.0 Å². The van der Waals surface area contributed by atoms with Crippen molar-refractivity contribution in [1.82, 2.24) is 10.6 Å². The van der Waals surface area contributed by atoms with Crippen LogP contribution < -0.4 is 16.4 Å². The lowest BCUT2D eigenvalue weighted by atomic mass is 9.99. The minimum absolute atomic E-state index is 0.0581. The largest absolute Gasteiger partial charge is 0.480 e. The van der Waals surface area contributed by atoms with Crippen molar-refractivity contribution in [3.8, 4) is 0 Å². The molecule has 4 atom stereocenters. The molecule has 0 fully saturated rings. The molecule has 1 rings (SSSR count). The maximum Gasteiger partial charge on any atom is 0.326 e. The van der Waals surface area contributed by atoms with Crippen LogP contribution in [0.15, 0.2) is 30.3 Å². The summed E-state index contributed by atoms with van der Waals surface area (Å²) in [6.07, 6.45) is 2.86. The van der Waals surface area contributed by atoms with Crippen molar-refractivity contribution in [2.45, 2.75) is 44.8 Å². The van der Waals surface area contributed by atoms with Crippen molar-refractivity contribution < 1.29 is 24.3 Å². The molecule has 5 N–H and O–H groups in total. The summed E-state index contributed by atoms with van der Waals surface area (Å²) in [6, 6.07) is 5.77. The summed E-state index contributed by atoms with van der Waals surface area (Å²) < 4.78 is 0. The third-order valence-corrected chi connectivity index (χ3v) is 5.25. The highest BCUT2D eigenvalue weighted by atomic mass is 32.2. The first-order valence-corrected chi connectivity index (χ1v) is 11.2. The van der Waals surface area contributed by atoms with Crippen LogP contribution in [0.25, 0.3) is 0 Å². The molecule has 166 valence electrons. The van der Waals surface area contributed by atoms with Gasteiger partial charge in [-0.2, -0.15) is 11.8 Å². The molecule has 0 heterocycles. The van der Waals surface area contributed by atoms with Crippen LogP contribution in [0, 0.1) is 11.8 Å². The molecule has 0 aliphatic rings. The van der Waals surface area contributed by atoms with E-state index in [1.54, 1.807) is 30.5 Å². The van der Waals surface area contributed by atoms with E-state index in [1.165, 1.54) is 11.8 Å². The number of amides is 2. The number of carboxylic acids is 1. The zero-order chi connectivity index (χ0) is 22.7. The Labute approximate surface area is 181 Å². The topological polar surface area (TPSA) is 139 Å². The van der Waals surface area contributed by atoms with Gasteiger partial charge in [-0.05, 0) is 24.2 Å². The molecule has 30 heavy (non-hydrogen) atoms. The van der Waals surface area contributed by atoms with E-state index in [0.717, 1.165) is 5.56 Å². The van der Waals surface area contributed by atoms with Gasteiger partial charge < -0.3 is 26.3 Å². The quantitative estimate of drug-likeness (QED) is 0.335. The lowest BCUT2D eigenvalue weighted by Crippen LogP contribution is -2.56. The molecule has 0 aliphatic carbocycles. The lowest BCUT2D eigenvalue weighted by Gasteiger charge is -2.25. The Hall–Kier alpha value is -2.39. The minimum Gasteiger partial charge on any atom is -0.480 e. The summed E-state index contributed by atoms with van der Waals surface area (Å²) in [6.45, 7) is 3.76. The third kappa shape index (κ3) is 8.54. The first kappa shape index (κ1) is 25.6.